The van der Waals surface area contributed by atoms with Crippen molar-refractivity contribution in [2.75, 3.05) is 13.2 Å². The summed E-state index contributed by atoms with van der Waals surface area (Å²) in [6.45, 7) is -0.189. The number of nitrogens with two attached hydrogens (primary N) is 1. The van der Waals surface area contributed by atoms with Crippen LogP contribution in [-0.4, -0.2) is 19.3 Å². The molecule has 2 N–H and O–H groups in total. The molecule has 1 atom stereocenters. The van der Waals surface area contributed by atoms with Gasteiger partial charge in [0.05, 0.1) is 13.0 Å². The smallest absolute Gasteiger partial charge is 0.371 e. The average molecular weight is 318 g/mol. The summed E-state index contributed by atoms with van der Waals surface area (Å²) < 4.78 is 41.7. The molecule has 0 amide bonds. The molecule has 0 aliphatic rings. The molecule has 1 aromatic heterocycles. The van der Waals surface area contributed by atoms with Crippen LogP contribution in [-0.2, 0) is 4.74 Å². The molecule has 0 fully saturated rings. The van der Waals surface area contributed by atoms with Gasteiger partial charge in [-0.05, 0) is 22.0 Å². The number of ether oxygens (including phenoxy) is 1. The molecule has 0 aromatic carbocycles. The predicted octanol–water partition coefficient (Wildman–Crippen LogP) is 3.48. The second-order valence-corrected chi connectivity index (χ2v) is 4.99. The topological polar surface area (TPSA) is 35.2 Å². The van der Waals surface area contributed by atoms with Crippen LogP contribution in [0.3, 0.4) is 0 Å². The second kappa shape index (κ2) is 6.00. The van der Waals surface area contributed by atoms with Gasteiger partial charge in [-0.2, -0.15) is 13.2 Å². The van der Waals surface area contributed by atoms with Crippen LogP contribution in [0.1, 0.15) is 17.4 Å². The van der Waals surface area contributed by atoms with Gasteiger partial charge in [0.2, 0.25) is 0 Å². The van der Waals surface area contributed by atoms with E-state index in [0.29, 0.717) is 0 Å². The van der Waals surface area contributed by atoms with E-state index in [1.54, 1.807) is 6.07 Å². The van der Waals surface area contributed by atoms with Crippen LogP contribution in [0.4, 0.5) is 13.2 Å². The van der Waals surface area contributed by atoms with E-state index in [1.807, 2.05) is 5.38 Å². The van der Waals surface area contributed by atoms with Gasteiger partial charge in [-0.15, -0.1) is 11.3 Å². The standard InChI is InChI=1S/C9H11BrF3NOS/c10-6-3-8(16-5-6)7(4-14)15-2-1-9(11,12)13/h3,5,7H,1-2,4,14H2. The summed E-state index contributed by atoms with van der Waals surface area (Å²) in [7, 11) is 0. The number of rotatable bonds is 5. The van der Waals surface area contributed by atoms with E-state index >= 15 is 0 Å². The molecular formula is C9H11BrF3NOS. The van der Waals surface area contributed by atoms with Crippen molar-refractivity contribution in [1.82, 2.24) is 0 Å². The van der Waals surface area contributed by atoms with Gasteiger partial charge in [0, 0.05) is 21.3 Å². The minimum Gasteiger partial charge on any atom is -0.371 e. The van der Waals surface area contributed by atoms with Crippen molar-refractivity contribution in [3.05, 3.63) is 20.8 Å². The Morgan fingerprint density at radius 1 is 1.50 bits per heavy atom. The highest BCUT2D eigenvalue weighted by Gasteiger charge is 2.27. The zero-order valence-corrected chi connectivity index (χ0v) is 10.7. The molecular weight excluding hydrogens is 307 g/mol. The fourth-order valence-electron chi connectivity index (χ4n) is 1.08. The first-order chi connectivity index (χ1) is 7.42. The van der Waals surface area contributed by atoms with Crippen molar-refractivity contribution in [2.45, 2.75) is 18.7 Å². The Balaban J connectivity index is 2.44. The van der Waals surface area contributed by atoms with Gasteiger partial charge in [-0.3, -0.25) is 0 Å². The van der Waals surface area contributed by atoms with Gasteiger partial charge >= 0.3 is 6.18 Å². The van der Waals surface area contributed by atoms with Gasteiger partial charge < -0.3 is 10.5 Å². The van der Waals surface area contributed by atoms with E-state index in [0.717, 1.165) is 9.35 Å². The molecule has 0 aliphatic carbocycles. The van der Waals surface area contributed by atoms with Gasteiger partial charge in [-0.1, -0.05) is 0 Å². The van der Waals surface area contributed by atoms with Crippen LogP contribution in [0.15, 0.2) is 15.9 Å². The van der Waals surface area contributed by atoms with Gasteiger partial charge in [-0.25, -0.2) is 0 Å². The molecule has 16 heavy (non-hydrogen) atoms. The number of hydrogen-bond acceptors (Lipinski definition) is 3. The molecule has 1 unspecified atom stereocenters. The van der Waals surface area contributed by atoms with Crippen molar-refractivity contribution in [3.63, 3.8) is 0 Å². The number of hydrogen-bond donors (Lipinski definition) is 1. The maximum Gasteiger partial charge on any atom is 0.391 e. The quantitative estimate of drug-likeness (QED) is 0.902. The third-order valence-electron chi connectivity index (χ3n) is 1.82. The lowest BCUT2D eigenvalue weighted by Crippen LogP contribution is -2.18. The zero-order valence-electron chi connectivity index (χ0n) is 8.26. The van der Waals surface area contributed by atoms with Crippen LogP contribution in [0.5, 0.6) is 0 Å². The molecule has 0 radical (unpaired) electrons. The molecule has 0 aliphatic heterocycles. The Kier molecular flexibility index (Phi) is 5.23. The number of halogens is 4. The van der Waals surface area contributed by atoms with Crippen molar-refractivity contribution >= 4 is 27.3 Å². The molecule has 0 saturated heterocycles. The summed E-state index contributed by atoms with van der Waals surface area (Å²) in [6.07, 6.45) is -5.59. The Hall–Kier alpha value is -0.110. The SMILES string of the molecule is NCC(OCCC(F)(F)F)c1cc(Br)cs1. The average Bonchev–Trinajstić information content (AvgIpc) is 2.58. The monoisotopic (exact) mass is 317 g/mol. The third-order valence-corrected chi connectivity index (χ3v) is 3.61. The Labute approximate surface area is 104 Å². The summed E-state index contributed by atoms with van der Waals surface area (Å²) in [4.78, 5) is 0.830. The van der Waals surface area contributed by atoms with Crippen LogP contribution < -0.4 is 5.73 Å². The van der Waals surface area contributed by atoms with Crippen LogP contribution in [0, 0.1) is 0 Å². The Morgan fingerprint density at radius 2 is 2.19 bits per heavy atom. The first-order valence-corrected chi connectivity index (χ1v) is 6.22. The fraction of sp³-hybridized carbons (Fsp3) is 0.556. The third kappa shape index (κ3) is 4.82. The van der Waals surface area contributed by atoms with Crippen molar-refractivity contribution < 1.29 is 17.9 Å². The van der Waals surface area contributed by atoms with E-state index < -0.39 is 18.7 Å². The van der Waals surface area contributed by atoms with Crippen LogP contribution in [0.2, 0.25) is 0 Å². The molecule has 92 valence electrons. The summed E-state index contributed by atoms with van der Waals surface area (Å²) >= 11 is 4.67. The van der Waals surface area contributed by atoms with Gasteiger partial charge in [0.25, 0.3) is 0 Å². The van der Waals surface area contributed by atoms with E-state index in [2.05, 4.69) is 15.9 Å². The molecule has 7 heteroatoms. The van der Waals surface area contributed by atoms with Gasteiger partial charge in [0.1, 0.15) is 6.10 Å². The van der Waals surface area contributed by atoms with Crippen LogP contribution >= 0.6 is 27.3 Å². The fourth-order valence-corrected chi connectivity index (χ4v) is 2.59. The molecule has 1 heterocycles. The van der Waals surface area contributed by atoms with Crippen molar-refractivity contribution in [3.8, 4) is 0 Å². The minimum absolute atomic E-state index is 0.171. The minimum atomic E-state index is -4.19. The van der Waals surface area contributed by atoms with E-state index in [-0.39, 0.29) is 13.2 Å². The number of alkyl halides is 3. The second-order valence-electron chi connectivity index (χ2n) is 3.13. The molecule has 0 spiro atoms. The molecule has 1 aromatic rings. The molecule has 2 nitrogen and oxygen atoms in total. The van der Waals surface area contributed by atoms with Crippen molar-refractivity contribution in [2.24, 2.45) is 5.73 Å². The molecule has 0 saturated carbocycles. The summed E-state index contributed by atoms with van der Waals surface area (Å²) in [5.74, 6) is 0. The highest BCUT2D eigenvalue weighted by atomic mass is 79.9. The van der Waals surface area contributed by atoms with Gasteiger partial charge in [0.15, 0.2) is 0 Å². The van der Waals surface area contributed by atoms with Crippen molar-refractivity contribution in [1.29, 1.82) is 0 Å². The maximum absolute atomic E-state index is 11.9. The Morgan fingerprint density at radius 3 is 2.62 bits per heavy atom. The Bertz CT molecular complexity index is 329. The molecule has 0 bridgehead atoms. The lowest BCUT2D eigenvalue weighted by atomic mass is 10.3. The largest absolute Gasteiger partial charge is 0.391 e. The van der Waals surface area contributed by atoms with E-state index in [4.69, 9.17) is 10.5 Å². The predicted molar refractivity (Wildman–Crippen MR) is 60.4 cm³/mol. The molecule has 1 rings (SSSR count). The number of thiophene rings is 1. The first kappa shape index (κ1) is 14.0. The zero-order chi connectivity index (χ0) is 12.2. The maximum atomic E-state index is 11.9. The van der Waals surface area contributed by atoms with E-state index in [9.17, 15) is 13.2 Å². The lowest BCUT2D eigenvalue weighted by Gasteiger charge is -2.15. The highest BCUT2D eigenvalue weighted by molar-refractivity contribution is 9.10. The summed E-state index contributed by atoms with van der Waals surface area (Å²) in [5.41, 5.74) is 5.45. The highest BCUT2D eigenvalue weighted by Crippen LogP contribution is 2.28. The normalized spacial score (nSPS) is 14.1. The summed E-state index contributed by atoms with van der Waals surface area (Å²) in [5, 5.41) is 1.84. The lowest BCUT2D eigenvalue weighted by molar-refractivity contribution is -0.148. The van der Waals surface area contributed by atoms with Crippen LogP contribution in [0.25, 0.3) is 0 Å². The van der Waals surface area contributed by atoms with E-state index in [1.165, 1.54) is 11.3 Å². The first-order valence-electron chi connectivity index (χ1n) is 4.54. The summed E-state index contributed by atoms with van der Waals surface area (Å²) in [6, 6.07) is 1.80.